The van der Waals surface area contributed by atoms with Crippen molar-refractivity contribution in [2.45, 2.75) is 12.8 Å². The molecule has 132 valence electrons. The number of rotatable bonds is 3. The van der Waals surface area contributed by atoms with Crippen LogP contribution in [0.3, 0.4) is 0 Å². The summed E-state index contributed by atoms with van der Waals surface area (Å²) >= 11 is 6.02. The molecule has 0 spiro atoms. The van der Waals surface area contributed by atoms with Crippen molar-refractivity contribution in [3.05, 3.63) is 64.8 Å². The van der Waals surface area contributed by atoms with Crippen LogP contribution in [0.25, 0.3) is 11.3 Å². The van der Waals surface area contributed by atoms with Crippen molar-refractivity contribution in [3.63, 3.8) is 0 Å². The largest absolute Gasteiger partial charge is 0.497 e. The van der Waals surface area contributed by atoms with E-state index in [-0.39, 0.29) is 11.6 Å². The van der Waals surface area contributed by atoms with Crippen molar-refractivity contribution in [1.29, 1.82) is 0 Å². The van der Waals surface area contributed by atoms with E-state index in [1.54, 1.807) is 30.2 Å². The molecule has 3 aromatic rings. The molecule has 2 heterocycles. The van der Waals surface area contributed by atoms with Gasteiger partial charge in [-0.2, -0.15) is 0 Å². The number of halogens is 1. The van der Waals surface area contributed by atoms with E-state index in [0.29, 0.717) is 17.3 Å². The number of carbonyl (C=O) groups is 1. The van der Waals surface area contributed by atoms with Crippen LogP contribution in [-0.4, -0.2) is 24.7 Å². The van der Waals surface area contributed by atoms with Crippen LogP contribution in [0.2, 0.25) is 5.02 Å². The summed E-state index contributed by atoms with van der Waals surface area (Å²) in [5.74, 6) is 1.14. The lowest BCUT2D eigenvalue weighted by Crippen LogP contribution is -2.35. The van der Waals surface area contributed by atoms with Gasteiger partial charge in [0.05, 0.1) is 7.11 Å². The second-order valence-electron chi connectivity index (χ2n) is 6.14. The van der Waals surface area contributed by atoms with E-state index >= 15 is 0 Å². The third-order valence-corrected chi connectivity index (χ3v) is 4.72. The molecule has 0 unspecified atom stereocenters. The Balaban J connectivity index is 1.63. The summed E-state index contributed by atoms with van der Waals surface area (Å²) in [5.41, 5.74) is 3.06. The van der Waals surface area contributed by atoms with Gasteiger partial charge in [0.1, 0.15) is 5.75 Å². The molecular formula is C20H17ClN2O3. The van der Waals surface area contributed by atoms with E-state index in [2.05, 4.69) is 5.16 Å². The Hall–Kier alpha value is -2.79. The topological polar surface area (TPSA) is 55.6 Å². The molecule has 26 heavy (non-hydrogen) atoms. The summed E-state index contributed by atoms with van der Waals surface area (Å²) < 4.78 is 10.6. The number of carbonyl (C=O) groups excluding carboxylic acids is 1. The first-order chi connectivity index (χ1) is 12.7. The third kappa shape index (κ3) is 3.06. The first kappa shape index (κ1) is 16.7. The molecule has 1 amide bonds. The van der Waals surface area contributed by atoms with Crippen LogP contribution in [0.4, 0.5) is 5.69 Å². The number of hydrogen-bond donors (Lipinski definition) is 0. The average Bonchev–Trinajstić information content (AvgIpc) is 3.16. The molecule has 0 saturated carbocycles. The maximum atomic E-state index is 13.0. The Morgan fingerprint density at radius 2 is 2.12 bits per heavy atom. The van der Waals surface area contributed by atoms with Crippen LogP contribution in [0, 0.1) is 0 Å². The van der Waals surface area contributed by atoms with Gasteiger partial charge in [-0.1, -0.05) is 28.9 Å². The molecule has 1 aliphatic heterocycles. The molecule has 1 aliphatic rings. The Bertz CT molecular complexity index is 967. The third-order valence-electron chi connectivity index (χ3n) is 4.49. The van der Waals surface area contributed by atoms with Gasteiger partial charge < -0.3 is 14.2 Å². The molecule has 0 N–H and O–H groups in total. The standard InChI is InChI=1S/C20H17ClN2O3/c1-25-16-7-8-18-13(11-16)5-3-9-23(18)20(24)17-12-19(26-22-17)14-4-2-6-15(21)10-14/h2,4,6-8,10-12H,3,5,9H2,1H3. The summed E-state index contributed by atoms with van der Waals surface area (Å²) in [6, 6.07) is 14.7. The lowest BCUT2D eigenvalue weighted by molar-refractivity contribution is 0.0976. The molecule has 4 rings (SSSR count). The number of fused-ring (bicyclic) bond motifs is 1. The molecule has 0 fully saturated rings. The van der Waals surface area contributed by atoms with Crippen LogP contribution in [-0.2, 0) is 6.42 Å². The van der Waals surface area contributed by atoms with E-state index in [1.807, 2.05) is 30.3 Å². The normalized spacial score (nSPS) is 13.4. The number of aromatic nitrogens is 1. The minimum absolute atomic E-state index is 0.173. The van der Waals surface area contributed by atoms with Gasteiger partial charge >= 0.3 is 0 Å². The number of hydrogen-bond acceptors (Lipinski definition) is 4. The highest BCUT2D eigenvalue weighted by Gasteiger charge is 2.26. The van der Waals surface area contributed by atoms with Crippen molar-refractivity contribution in [2.75, 3.05) is 18.6 Å². The minimum atomic E-state index is -0.173. The summed E-state index contributed by atoms with van der Waals surface area (Å²) in [7, 11) is 1.64. The first-order valence-electron chi connectivity index (χ1n) is 8.37. The molecule has 0 atom stereocenters. The molecule has 2 aromatic carbocycles. The molecule has 6 heteroatoms. The number of anilines is 1. The highest BCUT2D eigenvalue weighted by Crippen LogP contribution is 2.32. The van der Waals surface area contributed by atoms with Crippen LogP contribution in [0.5, 0.6) is 5.75 Å². The van der Waals surface area contributed by atoms with Gasteiger partial charge in [-0.3, -0.25) is 4.79 Å². The van der Waals surface area contributed by atoms with Gasteiger partial charge in [-0.25, -0.2) is 0 Å². The Morgan fingerprint density at radius 3 is 2.92 bits per heavy atom. The number of methoxy groups -OCH3 is 1. The fourth-order valence-corrected chi connectivity index (χ4v) is 3.39. The van der Waals surface area contributed by atoms with Gasteiger partial charge in [0, 0.05) is 28.9 Å². The zero-order valence-electron chi connectivity index (χ0n) is 14.2. The van der Waals surface area contributed by atoms with Gasteiger partial charge in [0.25, 0.3) is 5.91 Å². The summed E-state index contributed by atoms with van der Waals surface area (Å²) in [5, 5.41) is 4.57. The van der Waals surface area contributed by atoms with E-state index in [4.69, 9.17) is 20.9 Å². The molecule has 0 aliphatic carbocycles. The lowest BCUT2D eigenvalue weighted by atomic mass is 10.0. The summed E-state index contributed by atoms with van der Waals surface area (Å²) in [6.45, 7) is 0.650. The van der Waals surface area contributed by atoms with Crippen LogP contribution >= 0.6 is 11.6 Å². The van der Waals surface area contributed by atoms with Crippen molar-refractivity contribution in [3.8, 4) is 17.1 Å². The smallest absolute Gasteiger partial charge is 0.280 e. The van der Waals surface area contributed by atoms with Gasteiger partial charge in [0.15, 0.2) is 11.5 Å². The lowest BCUT2D eigenvalue weighted by Gasteiger charge is -2.29. The average molecular weight is 369 g/mol. The molecule has 0 bridgehead atoms. The predicted molar refractivity (Wildman–Crippen MR) is 99.9 cm³/mol. The van der Waals surface area contributed by atoms with Crippen molar-refractivity contribution in [2.24, 2.45) is 0 Å². The molecule has 1 aromatic heterocycles. The molecular weight excluding hydrogens is 352 g/mol. The first-order valence-corrected chi connectivity index (χ1v) is 8.75. The number of aryl methyl sites for hydroxylation is 1. The molecule has 5 nitrogen and oxygen atoms in total. The highest BCUT2D eigenvalue weighted by atomic mass is 35.5. The van der Waals surface area contributed by atoms with Gasteiger partial charge in [-0.05, 0) is 48.7 Å². The van der Waals surface area contributed by atoms with E-state index in [9.17, 15) is 4.79 Å². The number of amides is 1. The molecule has 0 radical (unpaired) electrons. The Morgan fingerprint density at radius 1 is 1.23 bits per heavy atom. The molecule has 0 saturated heterocycles. The maximum Gasteiger partial charge on any atom is 0.280 e. The van der Waals surface area contributed by atoms with Crippen molar-refractivity contribution >= 4 is 23.2 Å². The van der Waals surface area contributed by atoms with Crippen LogP contribution in [0.1, 0.15) is 22.5 Å². The Labute approximate surface area is 156 Å². The summed E-state index contributed by atoms with van der Waals surface area (Å²) in [6.07, 6.45) is 1.81. The fourth-order valence-electron chi connectivity index (χ4n) is 3.20. The zero-order valence-corrected chi connectivity index (χ0v) is 15.0. The number of ether oxygens (including phenoxy) is 1. The minimum Gasteiger partial charge on any atom is -0.497 e. The zero-order chi connectivity index (χ0) is 18.1. The van der Waals surface area contributed by atoms with Crippen LogP contribution < -0.4 is 9.64 Å². The van der Waals surface area contributed by atoms with E-state index < -0.39 is 0 Å². The SMILES string of the molecule is COc1ccc2c(c1)CCCN2C(=O)c1cc(-c2cccc(Cl)c2)on1. The van der Waals surface area contributed by atoms with Gasteiger partial charge in [0.2, 0.25) is 0 Å². The fraction of sp³-hybridized carbons (Fsp3) is 0.200. The highest BCUT2D eigenvalue weighted by molar-refractivity contribution is 6.30. The van der Waals surface area contributed by atoms with Crippen LogP contribution in [0.15, 0.2) is 53.1 Å². The number of nitrogens with zero attached hydrogens (tertiary/aromatic N) is 2. The van der Waals surface area contributed by atoms with E-state index in [1.165, 1.54) is 0 Å². The predicted octanol–water partition coefficient (Wildman–Crippen LogP) is 4.60. The second-order valence-corrected chi connectivity index (χ2v) is 6.58. The van der Waals surface area contributed by atoms with Crippen molar-refractivity contribution < 1.29 is 14.1 Å². The monoisotopic (exact) mass is 368 g/mol. The summed E-state index contributed by atoms with van der Waals surface area (Å²) in [4.78, 5) is 14.7. The Kier molecular flexibility index (Phi) is 4.39. The van der Waals surface area contributed by atoms with E-state index in [0.717, 1.165) is 35.4 Å². The maximum absolute atomic E-state index is 13.0. The van der Waals surface area contributed by atoms with Crippen molar-refractivity contribution in [1.82, 2.24) is 5.16 Å². The van der Waals surface area contributed by atoms with Gasteiger partial charge in [-0.15, -0.1) is 0 Å². The quantitative estimate of drug-likeness (QED) is 0.678. The second kappa shape index (κ2) is 6.84. The number of benzene rings is 2.